The Hall–Kier alpha value is -6.17. The fourth-order valence-electron chi connectivity index (χ4n) is 6.06. The molecule has 0 saturated carbocycles. The maximum Gasteiger partial charge on any atom is 0.410 e. The van der Waals surface area contributed by atoms with Crippen molar-refractivity contribution in [3.05, 3.63) is 119 Å². The topological polar surface area (TPSA) is 145 Å². The number of nitrogen functional groups attached to an aromatic ring is 1. The van der Waals surface area contributed by atoms with E-state index in [9.17, 15) is 9.59 Å². The summed E-state index contributed by atoms with van der Waals surface area (Å²) in [5, 5.41) is 2.91. The number of anilines is 3. The van der Waals surface area contributed by atoms with Crippen molar-refractivity contribution in [3.63, 3.8) is 0 Å². The van der Waals surface area contributed by atoms with Crippen molar-refractivity contribution in [1.29, 1.82) is 0 Å². The van der Waals surface area contributed by atoms with Gasteiger partial charge in [0.1, 0.15) is 31.3 Å². The molecule has 7 rings (SSSR count). The number of amides is 2. The number of rotatable bonds is 8. The van der Waals surface area contributed by atoms with E-state index in [1.54, 1.807) is 52.3 Å². The molecule has 248 valence electrons. The van der Waals surface area contributed by atoms with E-state index < -0.39 is 6.09 Å². The van der Waals surface area contributed by atoms with Gasteiger partial charge in [0.15, 0.2) is 5.82 Å². The number of nitrogens with two attached hydrogens (primary N) is 1. The lowest BCUT2D eigenvalue weighted by Crippen LogP contribution is -2.33. The molecule has 0 bridgehead atoms. The molecule has 1 aromatic heterocycles. The summed E-state index contributed by atoms with van der Waals surface area (Å²) >= 11 is 0. The minimum atomic E-state index is -0.403. The molecule has 2 aliphatic rings. The van der Waals surface area contributed by atoms with E-state index in [1.807, 2.05) is 38.4 Å². The highest BCUT2D eigenvalue weighted by atomic mass is 16.6. The smallest absolute Gasteiger partial charge is 0.410 e. The Labute approximate surface area is 283 Å². The largest absolute Gasteiger partial charge is 0.491 e. The van der Waals surface area contributed by atoms with Gasteiger partial charge in [-0.05, 0) is 46.5 Å². The average Bonchev–Trinajstić information content (AvgIpc) is 3.26. The van der Waals surface area contributed by atoms with Crippen LogP contribution in [0.25, 0.3) is 11.1 Å². The second-order valence-corrected chi connectivity index (χ2v) is 12.0. The van der Waals surface area contributed by atoms with E-state index in [4.69, 9.17) is 19.9 Å². The van der Waals surface area contributed by atoms with Crippen molar-refractivity contribution in [1.82, 2.24) is 19.9 Å². The SMILES string of the molecule is CN(C)c1nc(N)nc(COc2cccc(NC(=O)c3ccc4c(c3)OCCN(C(=O)OCC3c5ccccc5-c5ccccc53)C4)c2)n1. The number of hydrogen-bond donors (Lipinski definition) is 2. The summed E-state index contributed by atoms with van der Waals surface area (Å²) in [5.41, 5.74) is 12.2. The van der Waals surface area contributed by atoms with Crippen LogP contribution in [0.1, 0.15) is 38.8 Å². The molecule has 4 aromatic carbocycles. The molecule has 0 radical (unpaired) electrons. The summed E-state index contributed by atoms with van der Waals surface area (Å²) in [4.78, 5) is 42.5. The molecule has 0 spiro atoms. The first kappa shape index (κ1) is 31.4. The van der Waals surface area contributed by atoms with Crippen LogP contribution in [0.5, 0.6) is 11.5 Å². The zero-order valence-electron chi connectivity index (χ0n) is 27.1. The van der Waals surface area contributed by atoms with Gasteiger partial charge in [0.25, 0.3) is 5.91 Å². The molecule has 49 heavy (non-hydrogen) atoms. The number of hydrogen-bond acceptors (Lipinski definition) is 10. The van der Waals surface area contributed by atoms with E-state index in [1.165, 1.54) is 11.1 Å². The van der Waals surface area contributed by atoms with Crippen molar-refractivity contribution >= 4 is 29.6 Å². The Balaban J connectivity index is 0.968. The molecular formula is C37H35N7O5. The van der Waals surface area contributed by atoms with Gasteiger partial charge in [-0.25, -0.2) is 4.79 Å². The molecule has 0 fully saturated rings. The fraction of sp³-hybridized carbons (Fsp3) is 0.216. The summed E-state index contributed by atoms with van der Waals surface area (Å²) in [6.07, 6.45) is -0.403. The van der Waals surface area contributed by atoms with Crippen molar-refractivity contribution in [2.24, 2.45) is 0 Å². The van der Waals surface area contributed by atoms with E-state index in [2.05, 4.69) is 44.5 Å². The lowest BCUT2D eigenvalue weighted by Gasteiger charge is -2.21. The second kappa shape index (κ2) is 13.5. The van der Waals surface area contributed by atoms with Crippen LogP contribution in [0.3, 0.4) is 0 Å². The number of nitrogens with zero attached hydrogens (tertiary/aromatic N) is 5. The third kappa shape index (κ3) is 6.79. The number of benzene rings is 4. The molecule has 1 aliphatic heterocycles. The van der Waals surface area contributed by atoms with E-state index >= 15 is 0 Å². The number of ether oxygens (including phenoxy) is 3. The molecule has 2 amide bonds. The van der Waals surface area contributed by atoms with Gasteiger partial charge in [-0.1, -0.05) is 60.7 Å². The van der Waals surface area contributed by atoms with E-state index in [0.29, 0.717) is 47.6 Å². The third-order valence-electron chi connectivity index (χ3n) is 8.45. The van der Waals surface area contributed by atoms with Crippen LogP contribution in [0.2, 0.25) is 0 Å². The van der Waals surface area contributed by atoms with E-state index in [0.717, 1.165) is 16.7 Å². The van der Waals surface area contributed by atoms with Gasteiger partial charge in [-0.3, -0.25) is 4.79 Å². The van der Waals surface area contributed by atoms with Crippen LogP contribution in [0.15, 0.2) is 91.0 Å². The molecule has 5 aromatic rings. The monoisotopic (exact) mass is 657 g/mol. The molecule has 1 aliphatic carbocycles. The van der Waals surface area contributed by atoms with Gasteiger partial charge in [0.05, 0.1) is 13.1 Å². The molecule has 12 heteroatoms. The van der Waals surface area contributed by atoms with Crippen LogP contribution in [-0.4, -0.2) is 65.7 Å². The van der Waals surface area contributed by atoms with Gasteiger partial charge >= 0.3 is 6.09 Å². The van der Waals surface area contributed by atoms with E-state index in [-0.39, 0.29) is 37.6 Å². The van der Waals surface area contributed by atoms with Gasteiger partial charge in [-0.2, -0.15) is 15.0 Å². The number of carbonyl (C=O) groups is 2. The Morgan fingerprint density at radius 2 is 1.69 bits per heavy atom. The number of fused-ring (bicyclic) bond motifs is 4. The maximum atomic E-state index is 13.3. The summed E-state index contributed by atoms with van der Waals surface area (Å²) in [7, 11) is 3.62. The van der Waals surface area contributed by atoms with Crippen molar-refractivity contribution in [2.45, 2.75) is 19.1 Å². The summed E-state index contributed by atoms with van der Waals surface area (Å²) in [5.74, 6) is 1.64. The molecular weight excluding hydrogens is 622 g/mol. The van der Waals surface area contributed by atoms with Gasteiger partial charge < -0.3 is 35.1 Å². The molecule has 0 saturated heterocycles. The molecule has 3 N–H and O–H groups in total. The Morgan fingerprint density at radius 1 is 0.939 bits per heavy atom. The number of aromatic nitrogens is 3. The molecule has 0 unspecified atom stereocenters. The number of carbonyl (C=O) groups excluding carboxylic acids is 2. The van der Waals surface area contributed by atoms with Crippen LogP contribution in [-0.2, 0) is 17.9 Å². The molecule has 12 nitrogen and oxygen atoms in total. The Morgan fingerprint density at radius 3 is 2.45 bits per heavy atom. The minimum absolute atomic E-state index is 0.0220. The zero-order chi connectivity index (χ0) is 33.9. The Kier molecular flexibility index (Phi) is 8.67. The third-order valence-corrected chi connectivity index (χ3v) is 8.45. The Bertz CT molecular complexity index is 1990. The van der Waals surface area contributed by atoms with Crippen molar-refractivity contribution in [3.8, 4) is 22.6 Å². The lowest BCUT2D eigenvalue weighted by atomic mass is 9.98. The quantitative estimate of drug-likeness (QED) is 0.220. The first-order chi connectivity index (χ1) is 23.8. The summed E-state index contributed by atoms with van der Waals surface area (Å²) in [6.45, 7) is 1.24. The first-order valence-corrected chi connectivity index (χ1v) is 15.9. The average molecular weight is 658 g/mol. The van der Waals surface area contributed by atoms with Gasteiger partial charge in [0, 0.05) is 42.9 Å². The highest BCUT2D eigenvalue weighted by Crippen LogP contribution is 2.44. The normalized spacial score (nSPS) is 13.3. The van der Waals surface area contributed by atoms with Crippen LogP contribution in [0, 0.1) is 0 Å². The maximum absolute atomic E-state index is 13.3. The minimum Gasteiger partial charge on any atom is -0.491 e. The predicted molar refractivity (Wildman–Crippen MR) is 185 cm³/mol. The van der Waals surface area contributed by atoms with Crippen molar-refractivity contribution in [2.75, 3.05) is 49.8 Å². The van der Waals surface area contributed by atoms with Crippen LogP contribution >= 0.6 is 0 Å². The standard InChI is InChI=1S/C37H35N7O5/c1-43(2)36-41-33(40-35(38)42-36)22-48-26-9-7-8-25(19-26)39-34(45)23-14-15-24-20-44(16-17-47-32(24)18-23)37(46)49-21-31-29-12-5-3-10-27(29)28-11-4-6-13-30(28)31/h3-15,18-19,31H,16-17,20-22H2,1-2H3,(H,39,45)(H2,38,40,41,42). The summed E-state index contributed by atoms with van der Waals surface area (Å²) in [6, 6.07) is 28.7. The summed E-state index contributed by atoms with van der Waals surface area (Å²) < 4.78 is 17.7. The van der Waals surface area contributed by atoms with Crippen LogP contribution < -0.4 is 25.4 Å². The van der Waals surface area contributed by atoms with Crippen molar-refractivity contribution < 1.29 is 23.8 Å². The predicted octanol–water partition coefficient (Wildman–Crippen LogP) is 5.49. The zero-order valence-corrected chi connectivity index (χ0v) is 27.1. The van der Waals surface area contributed by atoms with Crippen LogP contribution in [0.4, 0.5) is 22.4 Å². The highest BCUT2D eigenvalue weighted by Gasteiger charge is 2.30. The molecule has 0 atom stereocenters. The second-order valence-electron chi connectivity index (χ2n) is 12.0. The molecule has 2 heterocycles. The lowest BCUT2D eigenvalue weighted by molar-refractivity contribution is 0.0947. The highest BCUT2D eigenvalue weighted by molar-refractivity contribution is 6.04. The van der Waals surface area contributed by atoms with Gasteiger partial charge in [-0.15, -0.1) is 0 Å². The van der Waals surface area contributed by atoms with Gasteiger partial charge in [0.2, 0.25) is 11.9 Å². The fourth-order valence-corrected chi connectivity index (χ4v) is 6.06. The first-order valence-electron chi connectivity index (χ1n) is 15.9. The number of nitrogens with one attached hydrogen (secondary N) is 1.